The summed E-state index contributed by atoms with van der Waals surface area (Å²) in [5, 5.41) is 18.2. The molecule has 0 unspecified atom stereocenters. The molecular formula is C31H27N5Na2O6S2. The molecule has 0 saturated carbocycles. The van der Waals surface area contributed by atoms with Crippen molar-refractivity contribution in [1.29, 1.82) is 0 Å². The van der Waals surface area contributed by atoms with E-state index in [0.717, 1.165) is 5.56 Å². The van der Waals surface area contributed by atoms with Crippen LogP contribution in [0.4, 0.5) is 28.4 Å². The van der Waals surface area contributed by atoms with Gasteiger partial charge in [0.2, 0.25) is 0 Å². The van der Waals surface area contributed by atoms with E-state index in [4.69, 9.17) is 0 Å². The van der Waals surface area contributed by atoms with Crippen LogP contribution >= 0.6 is 0 Å². The monoisotopic (exact) mass is 675 g/mol. The Hall–Kier alpha value is -2.82. The van der Waals surface area contributed by atoms with Crippen molar-refractivity contribution < 1.29 is 25.9 Å². The normalized spacial score (nSPS) is 11.8. The Morgan fingerprint density at radius 2 is 1.17 bits per heavy atom. The van der Waals surface area contributed by atoms with Gasteiger partial charge in [-0.2, -0.15) is 21.9 Å². The van der Waals surface area contributed by atoms with Gasteiger partial charge in [-0.05, 0) is 61.0 Å². The van der Waals surface area contributed by atoms with Crippen LogP contribution in [0.25, 0.3) is 10.8 Å². The van der Waals surface area contributed by atoms with Gasteiger partial charge in [-0.25, -0.2) is 0 Å². The zero-order chi connectivity index (χ0) is 31.3. The number of anilines is 1. The van der Waals surface area contributed by atoms with Gasteiger partial charge < -0.3 is 4.90 Å². The van der Waals surface area contributed by atoms with Crippen molar-refractivity contribution in [3.63, 3.8) is 0 Å². The maximum atomic E-state index is 12.4. The number of nitrogens with zero attached hydrogens (tertiary/aromatic N) is 5. The van der Waals surface area contributed by atoms with Crippen LogP contribution in [0.5, 0.6) is 0 Å². The first-order valence-electron chi connectivity index (χ1n) is 13.4. The zero-order valence-corrected chi connectivity index (χ0v) is 31.0. The van der Waals surface area contributed by atoms with Crippen LogP contribution in [0.2, 0.25) is 0 Å². The SMILES string of the molecule is CCN(Cc1ccccc1)c1ccc(N=Nc2ccc(N=Nc3cccc(S(=O)(=O)O)c3)c3ccccc23)c(S(=O)(=O)O)c1.[Na].[Na]. The Morgan fingerprint density at radius 3 is 1.76 bits per heavy atom. The molecule has 5 aromatic carbocycles. The average Bonchev–Trinajstić information content (AvgIpc) is 3.01. The van der Waals surface area contributed by atoms with E-state index in [1.165, 1.54) is 30.3 Å². The van der Waals surface area contributed by atoms with Crippen molar-refractivity contribution in [2.75, 3.05) is 11.4 Å². The van der Waals surface area contributed by atoms with E-state index in [9.17, 15) is 25.9 Å². The Morgan fingerprint density at radius 1 is 0.609 bits per heavy atom. The Kier molecular flexibility index (Phi) is 13.4. The standard InChI is InChI=1S/C31H27N5O6S2.2Na/c1-2-36(21-22-9-4-3-5-10-22)24-15-16-30(31(20-24)44(40,41)42)35-34-29-18-17-28(26-13-6-7-14-27(26)29)33-32-23-11-8-12-25(19-23)43(37,38)39;;/h3-20H,2,21H2,1H3,(H,37,38,39)(H,40,41,42);;. The van der Waals surface area contributed by atoms with Crippen LogP contribution in [0.3, 0.4) is 0 Å². The van der Waals surface area contributed by atoms with E-state index in [1.54, 1.807) is 48.5 Å². The third-order valence-corrected chi connectivity index (χ3v) is 8.45. The van der Waals surface area contributed by atoms with E-state index in [-0.39, 0.29) is 80.3 Å². The number of azo groups is 2. The molecule has 5 rings (SSSR count). The first-order chi connectivity index (χ1) is 21.0. The van der Waals surface area contributed by atoms with Gasteiger partial charge in [0, 0.05) is 88.7 Å². The number of fused-ring (bicyclic) bond motifs is 1. The third-order valence-electron chi connectivity index (χ3n) is 6.72. The van der Waals surface area contributed by atoms with E-state index in [2.05, 4.69) is 20.5 Å². The van der Waals surface area contributed by atoms with Gasteiger partial charge in [-0.1, -0.05) is 60.7 Å². The molecule has 2 radical (unpaired) electrons. The average molecular weight is 676 g/mol. The second-order valence-electron chi connectivity index (χ2n) is 9.65. The van der Waals surface area contributed by atoms with Crippen LogP contribution in [0, 0.1) is 0 Å². The molecule has 0 aliphatic rings. The number of rotatable bonds is 10. The minimum atomic E-state index is -4.63. The number of hydrogen-bond donors (Lipinski definition) is 2. The fourth-order valence-corrected chi connectivity index (χ4v) is 5.71. The van der Waals surface area contributed by atoms with Gasteiger partial charge in [0.15, 0.2) is 0 Å². The summed E-state index contributed by atoms with van der Waals surface area (Å²) in [6, 6.07) is 30.2. The smallest absolute Gasteiger partial charge is 0.296 e. The van der Waals surface area contributed by atoms with Crippen molar-refractivity contribution in [3.8, 4) is 0 Å². The van der Waals surface area contributed by atoms with Crippen molar-refractivity contribution >= 4 is 119 Å². The molecule has 0 amide bonds. The molecule has 0 fully saturated rings. The van der Waals surface area contributed by atoms with Gasteiger partial charge in [0.25, 0.3) is 20.2 Å². The predicted molar refractivity (Wildman–Crippen MR) is 179 cm³/mol. The molecule has 5 aromatic rings. The third kappa shape index (κ3) is 9.38. The molecule has 226 valence electrons. The molecule has 11 nitrogen and oxygen atoms in total. The summed E-state index contributed by atoms with van der Waals surface area (Å²) >= 11 is 0. The second kappa shape index (κ2) is 16.3. The molecular weight excluding hydrogens is 648 g/mol. The van der Waals surface area contributed by atoms with Crippen molar-refractivity contribution in [2.45, 2.75) is 23.3 Å². The van der Waals surface area contributed by atoms with E-state index in [0.29, 0.717) is 40.9 Å². The molecule has 0 saturated heterocycles. The van der Waals surface area contributed by atoms with Crippen LogP contribution in [-0.4, -0.2) is 91.6 Å². The summed E-state index contributed by atoms with van der Waals surface area (Å²) in [6.07, 6.45) is 0. The summed E-state index contributed by atoms with van der Waals surface area (Å²) in [4.78, 5) is 1.31. The van der Waals surface area contributed by atoms with Gasteiger partial charge in [0.1, 0.15) is 10.6 Å². The van der Waals surface area contributed by atoms with Gasteiger partial charge in [-0.3, -0.25) is 9.11 Å². The summed E-state index contributed by atoms with van der Waals surface area (Å²) < 4.78 is 67.0. The van der Waals surface area contributed by atoms with Gasteiger partial charge in [-0.15, -0.1) is 15.3 Å². The topological polar surface area (TPSA) is 161 Å². The zero-order valence-electron chi connectivity index (χ0n) is 25.4. The Labute approximate surface area is 311 Å². The van der Waals surface area contributed by atoms with Crippen molar-refractivity contribution in [3.05, 3.63) is 115 Å². The molecule has 46 heavy (non-hydrogen) atoms. The molecule has 0 atom stereocenters. The molecule has 0 heterocycles. The predicted octanol–water partition coefficient (Wildman–Crippen LogP) is 7.43. The van der Waals surface area contributed by atoms with Crippen molar-refractivity contribution in [2.24, 2.45) is 20.5 Å². The summed E-state index contributed by atoms with van der Waals surface area (Å²) in [5.41, 5.74) is 2.71. The Bertz CT molecular complexity index is 2110. The van der Waals surface area contributed by atoms with Crippen LogP contribution in [-0.2, 0) is 26.8 Å². The maximum absolute atomic E-state index is 12.4. The fourth-order valence-electron chi connectivity index (χ4n) is 4.55. The molecule has 2 N–H and O–H groups in total. The largest absolute Gasteiger partial charge is 0.367 e. The van der Waals surface area contributed by atoms with Crippen LogP contribution < -0.4 is 4.90 Å². The van der Waals surface area contributed by atoms with Gasteiger partial charge >= 0.3 is 0 Å². The minimum absolute atomic E-state index is 0. The first kappa shape index (κ1) is 37.6. The maximum Gasteiger partial charge on any atom is 0.296 e. The molecule has 0 aliphatic heterocycles. The summed E-state index contributed by atoms with van der Waals surface area (Å²) in [6.45, 7) is 3.10. The Balaban J connectivity index is 0.00000288. The van der Waals surface area contributed by atoms with Gasteiger partial charge in [0.05, 0.1) is 22.0 Å². The molecule has 0 aromatic heterocycles. The fraction of sp³-hybridized carbons (Fsp3) is 0.0968. The molecule has 15 heteroatoms. The van der Waals surface area contributed by atoms with E-state index >= 15 is 0 Å². The quantitative estimate of drug-likeness (QED) is 0.0884. The number of hydrogen-bond acceptors (Lipinski definition) is 9. The molecule has 0 aliphatic carbocycles. The number of benzene rings is 5. The molecule has 0 bridgehead atoms. The minimum Gasteiger partial charge on any atom is -0.367 e. The summed E-state index contributed by atoms with van der Waals surface area (Å²) in [5.74, 6) is 0. The van der Waals surface area contributed by atoms with E-state index in [1.807, 2.05) is 42.2 Å². The van der Waals surface area contributed by atoms with Crippen LogP contribution in [0.1, 0.15) is 12.5 Å². The van der Waals surface area contributed by atoms with Crippen LogP contribution in [0.15, 0.2) is 139 Å². The summed E-state index contributed by atoms with van der Waals surface area (Å²) in [7, 11) is -9.02. The van der Waals surface area contributed by atoms with E-state index < -0.39 is 20.2 Å². The second-order valence-corrected chi connectivity index (χ2v) is 12.5. The first-order valence-corrected chi connectivity index (χ1v) is 16.2. The molecule has 0 spiro atoms. The van der Waals surface area contributed by atoms with Crippen molar-refractivity contribution in [1.82, 2.24) is 0 Å².